The van der Waals surface area contributed by atoms with E-state index >= 15 is 0 Å². The molecule has 0 radical (unpaired) electrons. The Kier molecular flexibility index (Phi) is 6.47. The van der Waals surface area contributed by atoms with Crippen molar-refractivity contribution in [3.05, 3.63) is 65.7 Å². The third-order valence-electron chi connectivity index (χ3n) is 4.81. The van der Waals surface area contributed by atoms with E-state index in [9.17, 15) is 9.59 Å². The minimum absolute atomic E-state index is 0.0767. The van der Waals surface area contributed by atoms with Gasteiger partial charge in [-0.15, -0.1) is 0 Å². The van der Waals surface area contributed by atoms with Crippen molar-refractivity contribution in [3.63, 3.8) is 0 Å². The zero-order chi connectivity index (χ0) is 19.1. The van der Waals surface area contributed by atoms with Gasteiger partial charge in [-0.1, -0.05) is 30.3 Å². The van der Waals surface area contributed by atoms with Crippen molar-refractivity contribution in [2.75, 3.05) is 19.7 Å². The first-order valence-corrected chi connectivity index (χ1v) is 9.51. The third kappa shape index (κ3) is 5.33. The van der Waals surface area contributed by atoms with Gasteiger partial charge in [0, 0.05) is 24.7 Å². The van der Waals surface area contributed by atoms with Gasteiger partial charge in [0.05, 0.1) is 13.0 Å². The topological polar surface area (TPSA) is 58.6 Å². The molecule has 1 aliphatic rings. The maximum atomic E-state index is 12.4. The lowest BCUT2D eigenvalue weighted by atomic mass is 10.0. The highest BCUT2D eigenvalue weighted by Crippen LogP contribution is 2.15. The molecule has 0 spiro atoms. The van der Waals surface area contributed by atoms with Crippen LogP contribution in [0.4, 0.5) is 0 Å². The fourth-order valence-corrected chi connectivity index (χ4v) is 3.29. The number of carbonyl (C=O) groups excluding carboxylic acids is 2. The van der Waals surface area contributed by atoms with Crippen molar-refractivity contribution in [1.82, 2.24) is 10.2 Å². The van der Waals surface area contributed by atoms with Crippen LogP contribution in [0.2, 0.25) is 0 Å². The van der Waals surface area contributed by atoms with E-state index < -0.39 is 0 Å². The molecule has 0 saturated carbocycles. The summed E-state index contributed by atoms with van der Waals surface area (Å²) in [6, 6.07) is 17.1. The Bertz CT molecular complexity index is 751. The Balaban J connectivity index is 1.46. The van der Waals surface area contributed by atoms with E-state index in [0.29, 0.717) is 31.7 Å². The van der Waals surface area contributed by atoms with Crippen LogP contribution in [0.3, 0.4) is 0 Å². The molecule has 5 heteroatoms. The van der Waals surface area contributed by atoms with E-state index in [-0.39, 0.29) is 17.9 Å². The Morgan fingerprint density at radius 3 is 2.33 bits per heavy atom. The second-order valence-electron chi connectivity index (χ2n) is 6.75. The minimum atomic E-state index is -0.0767. The molecule has 0 aromatic heterocycles. The summed E-state index contributed by atoms with van der Waals surface area (Å²) in [6.45, 7) is 3.89. The molecule has 0 bridgehead atoms. The van der Waals surface area contributed by atoms with Crippen LogP contribution in [-0.2, 0) is 11.2 Å². The average molecular weight is 366 g/mol. The standard InChI is InChI=1S/C22H26N2O3/c1-2-27-20-10-8-18(9-11-20)22(26)23-19-12-14-24(15-13-19)21(25)16-17-6-4-3-5-7-17/h3-11,19H,2,12-16H2,1H3,(H,23,26). The molecule has 5 nitrogen and oxygen atoms in total. The second-order valence-corrected chi connectivity index (χ2v) is 6.75. The van der Waals surface area contributed by atoms with Gasteiger partial charge in [-0.25, -0.2) is 0 Å². The first kappa shape index (κ1) is 19.0. The van der Waals surface area contributed by atoms with E-state index in [0.717, 1.165) is 24.2 Å². The molecule has 1 saturated heterocycles. The zero-order valence-electron chi connectivity index (χ0n) is 15.7. The number of ether oxygens (including phenoxy) is 1. The fourth-order valence-electron chi connectivity index (χ4n) is 3.29. The summed E-state index contributed by atoms with van der Waals surface area (Å²) < 4.78 is 5.40. The number of hydrogen-bond acceptors (Lipinski definition) is 3. The van der Waals surface area contributed by atoms with E-state index in [1.807, 2.05) is 54.3 Å². The van der Waals surface area contributed by atoms with Gasteiger partial charge in [0.15, 0.2) is 0 Å². The molecule has 2 aromatic carbocycles. The maximum Gasteiger partial charge on any atom is 0.251 e. The molecule has 1 N–H and O–H groups in total. The summed E-state index contributed by atoms with van der Waals surface area (Å²) in [6.07, 6.45) is 2.00. The highest BCUT2D eigenvalue weighted by Gasteiger charge is 2.24. The molecule has 0 atom stereocenters. The number of likely N-dealkylation sites (tertiary alicyclic amines) is 1. The molecule has 0 aliphatic carbocycles. The first-order valence-electron chi connectivity index (χ1n) is 9.51. The van der Waals surface area contributed by atoms with Crippen LogP contribution in [0.1, 0.15) is 35.7 Å². The quantitative estimate of drug-likeness (QED) is 0.855. The molecule has 2 amide bonds. The fraction of sp³-hybridized carbons (Fsp3) is 0.364. The van der Waals surface area contributed by atoms with E-state index in [4.69, 9.17) is 4.74 Å². The van der Waals surface area contributed by atoms with Crippen LogP contribution in [0.15, 0.2) is 54.6 Å². The van der Waals surface area contributed by atoms with E-state index in [2.05, 4.69) is 5.32 Å². The van der Waals surface area contributed by atoms with Gasteiger partial charge >= 0.3 is 0 Å². The smallest absolute Gasteiger partial charge is 0.251 e. The molecule has 1 fully saturated rings. The second kappa shape index (κ2) is 9.21. The van der Waals surface area contributed by atoms with Crippen LogP contribution in [0.25, 0.3) is 0 Å². The zero-order valence-corrected chi connectivity index (χ0v) is 15.7. The van der Waals surface area contributed by atoms with E-state index in [1.54, 1.807) is 12.1 Å². The van der Waals surface area contributed by atoms with Gasteiger partial charge in [0.1, 0.15) is 5.75 Å². The largest absolute Gasteiger partial charge is 0.494 e. The Hall–Kier alpha value is -2.82. The summed E-state index contributed by atoms with van der Waals surface area (Å²) >= 11 is 0. The van der Waals surface area contributed by atoms with Crippen LogP contribution in [0.5, 0.6) is 5.75 Å². The number of carbonyl (C=O) groups is 2. The molecule has 1 aliphatic heterocycles. The number of piperidine rings is 1. The van der Waals surface area contributed by atoms with Gasteiger partial charge in [0.2, 0.25) is 5.91 Å². The molecule has 0 unspecified atom stereocenters. The summed E-state index contributed by atoms with van der Waals surface area (Å²) in [5.74, 6) is 0.837. The van der Waals surface area contributed by atoms with Gasteiger partial charge in [-0.3, -0.25) is 9.59 Å². The van der Waals surface area contributed by atoms with Crippen molar-refractivity contribution in [2.24, 2.45) is 0 Å². The van der Waals surface area contributed by atoms with Crippen LogP contribution in [0, 0.1) is 0 Å². The van der Waals surface area contributed by atoms with Gasteiger partial charge in [0.25, 0.3) is 5.91 Å². The molecule has 3 rings (SSSR count). The molecular weight excluding hydrogens is 340 g/mol. The predicted octanol–water partition coefficient (Wildman–Crippen LogP) is 3.05. The van der Waals surface area contributed by atoms with Crippen molar-refractivity contribution < 1.29 is 14.3 Å². The van der Waals surface area contributed by atoms with Crippen molar-refractivity contribution in [1.29, 1.82) is 0 Å². The summed E-state index contributed by atoms with van der Waals surface area (Å²) in [4.78, 5) is 26.7. The lowest BCUT2D eigenvalue weighted by molar-refractivity contribution is -0.131. The van der Waals surface area contributed by atoms with Gasteiger partial charge in [-0.2, -0.15) is 0 Å². The molecule has 1 heterocycles. The first-order chi connectivity index (χ1) is 13.2. The van der Waals surface area contributed by atoms with Crippen LogP contribution in [-0.4, -0.2) is 42.5 Å². The summed E-state index contributed by atoms with van der Waals surface area (Å²) in [5.41, 5.74) is 1.66. The molecule has 142 valence electrons. The Labute approximate surface area is 160 Å². The minimum Gasteiger partial charge on any atom is -0.494 e. The van der Waals surface area contributed by atoms with Crippen molar-refractivity contribution >= 4 is 11.8 Å². The van der Waals surface area contributed by atoms with Crippen molar-refractivity contribution in [3.8, 4) is 5.75 Å². The van der Waals surface area contributed by atoms with Crippen LogP contribution >= 0.6 is 0 Å². The normalized spacial score (nSPS) is 14.6. The monoisotopic (exact) mass is 366 g/mol. The molecule has 2 aromatic rings. The van der Waals surface area contributed by atoms with E-state index in [1.165, 1.54) is 0 Å². The van der Waals surface area contributed by atoms with Gasteiger partial charge in [-0.05, 0) is 49.6 Å². The predicted molar refractivity (Wildman–Crippen MR) is 105 cm³/mol. The SMILES string of the molecule is CCOc1ccc(C(=O)NC2CCN(C(=O)Cc3ccccc3)CC2)cc1. The number of nitrogens with one attached hydrogen (secondary N) is 1. The number of hydrogen-bond donors (Lipinski definition) is 1. The Morgan fingerprint density at radius 1 is 1.04 bits per heavy atom. The summed E-state index contributed by atoms with van der Waals surface area (Å²) in [7, 11) is 0. The number of rotatable bonds is 6. The lowest BCUT2D eigenvalue weighted by Crippen LogP contribution is -2.46. The maximum absolute atomic E-state index is 12.4. The third-order valence-corrected chi connectivity index (χ3v) is 4.81. The average Bonchev–Trinajstić information content (AvgIpc) is 2.70. The highest BCUT2D eigenvalue weighted by molar-refractivity contribution is 5.94. The molecule has 27 heavy (non-hydrogen) atoms. The Morgan fingerprint density at radius 2 is 1.70 bits per heavy atom. The molecular formula is C22H26N2O3. The van der Waals surface area contributed by atoms with Crippen LogP contribution < -0.4 is 10.1 Å². The number of amides is 2. The number of nitrogens with zero attached hydrogens (tertiary/aromatic N) is 1. The van der Waals surface area contributed by atoms with Crippen molar-refractivity contribution in [2.45, 2.75) is 32.2 Å². The van der Waals surface area contributed by atoms with Gasteiger partial charge < -0.3 is 15.0 Å². The number of benzene rings is 2. The lowest BCUT2D eigenvalue weighted by Gasteiger charge is -2.32. The summed E-state index contributed by atoms with van der Waals surface area (Å²) in [5, 5.41) is 3.08. The highest BCUT2D eigenvalue weighted by atomic mass is 16.5.